The van der Waals surface area contributed by atoms with Crippen LogP contribution in [0.1, 0.15) is 29.8 Å². The topological polar surface area (TPSA) is 29.3 Å². The lowest BCUT2D eigenvalue weighted by molar-refractivity contribution is 0.270. The highest BCUT2D eigenvalue weighted by atomic mass is 35.5. The van der Waals surface area contributed by atoms with Gasteiger partial charge in [0.2, 0.25) is 0 Å². The number of hydrogen-bond donors (Lipinski definition) is 1. The van der Waals surface area contributed by atoms with Crippen LogP contribution >= 0.6 is 22.9 Å². The van der Waals surface area contributed by atoms with Gasteiger partial charge in [-0.2, -0.15) is 0 Å². The molecule has 1 unspecified atom stereocenters. The summed E-state index contributed by atoms with van der Waals surface area (Å²) in [5.74, 6) is 0. The van der Waals surface area contributed by atoms with Crippen LogP contribution in [0.4, 0.5) is 0 Å². The van der Waals surface area contributed by atoms with E-state index in [0.29, 0.717) is 0 Å². The number of rotatable bonds is 7. The van der Waals surface area contributed by atoms with Crippen LogP contribution in [0.2, 0.25) is 5.02 Å². The highest BCUT2D eigenvalue weighted by molar-refractivity contribution is 7.09. The Balaban J connectivity index is 1.86. The summed E-state index contributed by atoms with van der Waals surface area (Å²) < 4.78 is 0. The summed E-state index contributed by atoms with van der Waals surface area (Å²) in [5, 5.41) is 2.88. The molecule has 0 spiro atoms. The predicted molar refractivity (Wildman–Crippen MR) is 88.3 cm³/mol. The molecule has 1 atom stereocenters. The highest BCUT2D eigenvalue weighted by Crippen LogP contribution is 2.19. The van der Waals surface area contributed by atoms with Crippen molar-refractivity contribution in [3.63, 3.8) is 0 Å². The van der Waals surface area contributed by atoms with Crippen LogP contribution in [-0.2, 0) is 6.54 Å². The summed E-state index contributed by atoms with van der Waals surface area (Å²) in [6.45, 7) is 5.25. The van der Waals surface area contributed by atoms with Crippen molar-refractivity contribution in [3.8, 4) is 0 Å². The first kappa shape index (κ1) is 15.5. The standard InChI is InChI=1S/C16H21ClN2S/c1-2-19(12-15-7-4-10-20-15)9-8-16(18)13-5-3-6-14(17)11-13/h3-7,10-11,16H,2,8-9,12,18H2,1H3. The summed E-state index contributed by atoms with van der Waals surface area (Å²) in [7, 11) is 0. The molecule has 0 aliphatic rings. The molecule has 0 bridgehead atoms. The molecule has 0 aliphatic carbocycles. The molecule has 1 aromatic carbocycles. The molecule has 0 radical (unpaired) electrons. The first-order valence-corrected chi connectivity index (χ1v) is 8.20. The van der Waals surface area contributed by atoms with Gasteiger partial charge in [-0.1, -0.05) is 36.7 Å². The fourth-order valence-corrected chi connectivity index (χ4v) is 3.14. The van der Waals surface area contributed by atoms with Gasteiger partial charge in [-0.25, -0.2) is 0 Å². The van der Waals surface area contributed by atoms with Crippen molar-refractivity contribution >= 4 is 22.9 Å². The van der Waals surface area contributed by atoms with Crippen molar-refractivity contribution in [1.82, 2.24) is 4.90 Å². The Hall–Kier alpha value is -0.870. The Kier molecular flexibility index (Phi) is 6.05. The first-order valence-electron chi connectivity index (χ1n) is 6.95. The molecule has 2 nitrogen and oxygen atoms in total. The number of halogens is 1. The molecular weight excluding hydrogens is 288 g/mol. The molecule has 0 aliphatic heterocycles. The molecule has 2 aromatic rings. The highest BCUT2D eigenvalue weighted by Gasteiger charge is 2.10. The fraction of sp³-hybridized carbons (Fsp3) is 0.375. The van der Waals surface area contributed by atoms with Crippen LogP contribution in [0.3, 0.4) is 0 Å². The minimum Gasteiger partial charge on any atom is -0.324 e. The molecule has 20 heavy (non-hydrogen) atoms. The van der Waals surface area contributed by atoms with Gasteiger partial charge >= 0.3 is 0 Å². The molecule has 1 aromatic heterocycles. The number of thiophene rings is 1. The third kappa shape index (κ3) is 4.60. The van der Waals surface area contributed by atoms with Gasteiger partial charge in [0, 0.05) is 29.0 Å². The lowest BCUT2D eigenvalue weighted by Crippen LogP contribution is -2.26. The third-order valence-electron chi connectivity index (χ3n) is 3.44. The minimum absolute atomic E-state index is 0.0473. The molecule has 0 saturated heterocycles. The van der Waals surface area contributed by atoms with Crippen molar-refractivity contribution in [1.29, 1.82) is 0 Å². The van der Waals surface area contributed by atoms with E-state index in [2.05, 4.69) is 29.3 Å². The lowest BCUT2D eigenvalue weighted by Gasteiger charge is -2.22. The molecule has 2 rings (SSSR count). The largest absolute Gasteiger partial charge is 0.324 e. The second-order valence-electron chi connectivity index (χ2n) is 4.90. The van der Waals surface area contributed by atoms with Gasteiger partial charge in [-0.05, 0) is 42.1 Å². The van der Waals surface area contributed by atoms with Crippen LogP contribution in [0, 0.1) is 0 Å². The summed E-state index contributed by atoms with van der Waals surface area (Å²) in [6.07, 6.45) is 0.944. The van der Waals surface area contributed by atoms with Crippen molar-refractivity contribution in [2.75, 3.05) is 13.1 Å². The van der Waals surface area contributed by atoms with Gasteiger partial charge < -0.3 is 5.73 Å². The normalized spacial score (nSPS) is 12.8. The smallest absolute Gasteiger partial charge is 0.0409 e. The Bertz CT molecular complexity index is 513. The summed E-state index contributed by atoms with van der Waals surface area (Å²) in [4.78, 5) is 3.83. The second-order valence-corrected chi connectivity index (χ2v) is 6.37. The van der Waals surface area contributed by atoms with Crippen LogP contribution < -0.4 is 5.73 Å². The van der Waals surface area contributed by atoms with Gasteiger partial charge in [0.15, 0.2) is 0 Å². The maximum absolute atomic E-state index is 6.26. The van der Waals surface area contributed by atoms with E-state index in [1.165, 1.54) is 4.88 Å². The van der Waals surface area contributed by atoms with Gasteiger partial charge in [-0.3, -0.25) is 4.90 Å². The maximum atomic E-state index is 6.26. The number of nitrogens with zero attached hydrogens (tertiary/aromatic N) is 1. The first-order chi connectivity index (χ1) is 9.69. The van der Waals surface area contributed by atoms with Gasteiger partial charge in [-0.15, -0.1) is 11.3 Å². The summed E-state index contributed by atoms with van der Waals surface area (Å²) in [6, 6.07) is 12.2. The van der Waals surface area contributed by atoms with Crippen molar-refractivity contribution in [2.45, 2.75) is 25.9 Å². The average molecular weight is 309 g/mol. The van der Waals surface area contributed by atoms with Crippen molar-refractivity contribution < 1.29 is 0 Å². The third-order valence-corrected chi connectivity index (χ3v) is 4.54. The second kappa shape index (κ2) is 7.79. The number of hydrogen-bond acceptors (Lipinski definition) is 3. The van der Waals surface area contributed by atoms with E-state index in [4.69, 9.17) is 17.3 Å². The SMILES string of the molecule is CCN(CCC(N)c1cccc(Cl)c1)Cc1cccs1. The Labute approximate surface area is 130 Å². The predicted octanol–water partition coefficient (Wildman–Crippen LogP) is 4.31. The molecule has 0 amide bonds. The summed E-state index contributed by atoms with van der Waals surface area (Å²) in [5.41, 5.74) is 7.37. The maximum Gasteiger partial charge on any atom is 0.0409 e. The van der Waals surface area contributed by atoms with E-state index in [-0.39, 0.29) is 6.04 Å². The van der Waals surface area contributed by atoms with Crippen LogP contribution in [-0.4, -0.2) is 18.0 Å². The number of benzene rings is 1. The van der Waals surface area contributed by atoms with E-state index < -0.39 is 0 Å². The van der Waals surface area contributed by atoms with Crippen LogP contribution in [0.15, 0.2) is 41.8 Å². The monoisotopic (exact) mass is 308 g/mol. The van der Waals surface area contributed by atoms with Gasteiger partial charge in [0.05, 0.1) is 0 Å². The zero-order valence-corrected chi connectivity index (χ0v) is 13.3. The fourth-order valence-electron chi connectivity index (χ4n) is 2.20. The van der Waals surface area contributed by atoms with E-state index in [1.807, 2.05) is 35.6 Å². The quantitative estimate of drug-likeness (QED) is 0.825. The van der Waals surface area contributed by atoms with Gasteiger partial charge in [0.25, 0.3) is 0 Å². The Morgan fingerprint density at radius 2 is 2.15 bits per heavy atom. The van der Waals surface area contributed by atoms with Crippen LogP contribution in [0.25, 0.3) is 0 Å². The van der Waals surface area contributed by atoms with Crippen LogP contribution in [0.5, 0.6) is 0 Å². The average Bonchev–Trinajstić information content (AvgIpc) is 2.96. The minimum atomic E-state index is 0.0473. The molecule has 2 N–H and O–H groups in total. The van der Waals surface area contributed by atoms with Crippen molar-refractivity contribution in [3.05, 3.63) is 57.2 Å². The van der Waals surface area contributed by atoms with E-state index in [0.717, 1.165) is 36.6 Å². The molecule has 108 valence electrons. The lowest BCUT2D eigenvalue weighted by atomic mass is 10.0. The zero-order chi connectivity index (χ0) is 14.4. The molecule has 1 heterocycles. The molecule has 0 saturated carbocycles. The van der Waals surface area contributed by atoms with E-state index in [1.54, 1.807) is 0 Å². The van der Waals surface area contributed by atoms with Gasteiger partial charge in [0.1, 0.15) is 0 Å². The Morgan fingerprint density at radius 3 is 2.80 bits per heavy atom. The van der Waals surface area contributed by atoms with E-state index >= 15 is 0 Å². The molecule has 4 heteroatoms. The van der Waals surface area contributed by atoms with E-state index in [9.17, 15) is 0 Å². The zero-order valence-electron chi connectivity index (χ0n) is 11.8. The van der Waals surface area contributed by atoms with Crippen molar-refractivity contribution in [2.24, 2.45) is 5.73 Å². The molecule has 0 fully saturated rings. The Morgan fingerprint density at radius 1 is 1.30 bits per heavy atom. The number of nitrogens with two attached hydrogens (primary N) is 1. The molecular formula is C16H21ClN2S. The summed E-state index contributed by atoms with van der Waals surface area (Å²) >= 11 is 7.82.